The van der Waals surface area contributed by atoms with E-state index < -0.39 is 0 Å². The molecule has 6 nitrogen and oxygen atoms in total. The van der Waals surface area contributed by atoms with Gasteiger partial charge in [0.15, 0.2) is 0 Å². The Balaban J connectivity index is 1.88. The number of carbonyl (C=O) groups is 1. The third-order valence-corrected chi connectivity index (χ3v) is 4.23. The van der Waals surface area contributed by atoms with Crippen LogP contribution in [0.2, 0.25) is 0 Å². The molecule has 1 amide bonds. The first-order valence-corrected chi connectivity index (χ1v) is 9.38. The minimum absolute atomic E-state index is 0.144. The smallest absolute Gasteiger partial charge is 0.251 e. The maximum atomic E-state index is 12.6. The van der Waals surface area contributed by atoms with Gasteiger partial charge in [0.2, 0.25) is 0 Å². The molecule has 6 heteroatoms. The highest BCUT2D eigenvalue weighted by Gasteiger charge is 2.18. The summed E-state index contributed by atoms with van der Waals surface area (Å²) in [7, 11) is 0. The molecule has 0 unspecified atom stereocenters. The number of amides is 1. The maximum absolute atomic E-state index is 12.6. The Morgan fingerprint density at radius 2 is 1.38 bits per heavy atom. The predicted octanol–water partition coefficient (Wildman–Crippen LogP) is 4.28. The van der Waals surface area contributed by atoms with Gasteiger partial charge >= 0.3 is 0 Å². The maximum Gasteiger partial charge on any atom is 0.251 e. The van der Waals surface area contributed by atoms with Crippen LogP contribution in [0.15, 0.2) is 67.0 Å². The summed E-state index contributed by atoms with van der Waals surface area (Å²) in [5.41, 5.74) is 4.25. The summed E-state index contributed by atoms with van der Waals surface area (Å²) in [6, 6.07) is 16.7. The quantitative estimate of drug-likeness (QED) is 0.571. The number of benzene rings is 1. The van der Waals surface area contributed by atoms with Crippen molar-refractivity contribution in [3.63, 3.8) is 0 Å². The van der Waals surface area contributed by atoms with Gasteiger partial charge in [-0.1, -0.05) is 12.1 Å². The lowest BCUT2D eigenvalue weighted by atomic mass is 10.1. The summed E-state index contributed by atoms with van der Waals surface area (Å²) in [4.78, 5) is 31.1. The third-order valence-electron chi connectivity index (χ3n) is 4.23. The predicted molar refractivity (Wildman–Crippen MR) is 113 cm³/mol. The van der Waals surface area contributed by atoms with Crippen LogP contribution in [-0.4, -0.2) is 31.4 Å². The van der Waals surface area contributed by atoms with E-state index >= 15 is 0 Å². The van der Waals surface area contributed by atoms with Crippen LogP contribution in [0.4, 0.5) is 0 Å². The van der Waals surface area contributed by atoms with Gasteiger partial charge < -0.3 is 5.32 Å². The van der Waals surface area contributed by atoms with Gasteiger partial charge in [0, 0.05) is 23.5 Å². The molecule has 0 saturated carbocycles. The van der Waals surface area contributed by atoms with E-state index in [1.807, 2.05) is 63.2 Å². The molecule has 0 aliphatic carbocycles. The van der Waals surface area contributed by atoms with E-state index in [4.69, 9.17) is 9.97 Å². The molecule has 0 radical (unpaired) electrons. The van der Waals surface area contributed by atoms with Crippen LogP contribution in [0.1, 0.15) is 31.1 Å². The minimum Gasteiger partial charge on any atom is -0.347 e. The molecule has 4 aromatic rings. The van der Waals surface area contributed by atoms with Gasteiger partial charge in [-0.05, 0) is 63.2 Å². The zero-order chi connectivity index (χ0) is 20.4. The standard InChI is InChI=1S/C23H21N5O/c1-23(2,3)28-22(29)15-10-11-16-19(14-15)27-21(18-9-5-7-13-25-18)20(26-16)17-8-4-6-12-24-17/h4-14H,1-3H3,(H,28,29). The molecule has 0 atom stereocenters. The number of rotatable bonds is 3. The van der Waals surface area contributed by atoms with E-state index in [9.17, 15) is 4.79 Å². The molecular formula is C23H21N5O. The van der Waals surface area contributed by atoms with Crippen LogP contribution >= 0.6 is 0 Å². The Morgan fingerprint density at radius 3 is 1.90 bits per heavy atom. The van der Waals surface area contributed by atoms with E-state index in [0.29, 0.717) is 33.7 Å². The number of nitrogens with one attached hydrogen (secondary N) is 1. The number of carbonyl (C=O) groups excluding carboxylic acids is 1. The summed E-state index contributed by atoms with van der Waals surface area (Å²) < 4.78 is 0. The highest BCUT2D eigenvalue weighted by Crippen LogP contribution is 2.29. The molecule has 3 heterocycles. The van der Waals surface area contributed by atoms with Crippen molar-refractivity contribution in [2.24, 2.45) is 0 Å². The average molecular weight is 383 g/mol. The molecule has 0 fully saturated rings. The first-order chi connectivity index (χ1) is 13.9. The molecule has 0 aliphatic rings. The largest absolute Gasteiger partial charge is 0.347 e. The summed E-state index contributed by atoms with van der Waals surface area (Å²) in [6.45, 7) is 5.85. The first kappa shape index (κ1) is 18.7. The van der Waals surface area contributed by atoms with E-state index in [1.165, 1.54) is 0 Å². The molecule has 0 bridgehead atoms. The Labute approximate surface area is 169 Å². The van der Waals surface area contributed by atoms with Crippen molar-refractivity contribution in [2.75, 3.05) is 0 Å². The molecular weight excluding hydrogens is 362 g/mol. The third kappa shape index (κ3) is 4.11. The molecule has 1 N–H and O–H groups in total. The van der Waals surface area contributed by atoms with E-state index in [2.05, 4.69) is 15.3 Å². The van der Waals surface area contributed by atoms with Gasteiger partial charge in [0.1, 0.15) is 11.4 Å². The number of fused-ring (bicyclic) bond motifs is 1. The Kier molecular flexibility index (Phi) is 4.76. The number of hydrogen-bond donors (Lipinski definition) is 1. The van der Waals surface area contributed by atoms with Crippen molar-refractivity contribution in [1.29, 1.82) is 0 Å². The Morgan fingerprint density at radius 1 is 0.793 bits per heavy atom. The van der Waals surface area contributed by atoms with Crippen LogP contribution in [0.25, 0.3) is 33.8 Å². The van der Waals surface area contributed by atoms with Gasteiger partial charge in [-0.15, -0.1) is 0 Å². The van der Waals surface area contributed by atoms with Crippen molar-refractivity contribution < 1.29 is 4.79 Å². The zero-order valence-corrected chi connectivity index (χ0v) is 16.5. The molecule has 0 spiro atoms. The molecule has 0 saturated heterocycles. The second-order valence-corrected chi connectivity index (χ2v) is 7.76. The zero-order valence-electron chi connectivity index (χ0n) is 16.5. The van der Waals surface area contributed by atoms with Crippen molar-refractivity contribution >= 4 is 16.9 Å². The lowest BCUT2D eigenvalue weighted by molar-refractivity contribution is 0.0919. The van der Waals surface area contributed by atoms with Gasteiger partial charge in [-0.2, -0.15) is 0 Å². The summed E-state index contributed by atoms with van der Waals surface area (Å²) in [5, 5.41) is 2.97. The number of hydrogen-bond acceptors (Lipinski definition) is 5. The van der Waals surface area contributed by atoms with Crippen molar-refractivity contribution in [3.8, 4) is 22.8 Å². The highest BCUT2D eigenvalue weighted by molar-refractivity contribution is 5.98. The van der Waals surface area contributed by atoms with Crippen LogP contribution in [0.5, 0.6) is 0 Å². The lowest BCUT2D eigenvalue weighted by Crippen LogP contribution is -2.40. The second kappa shape index (κ2) is 7.39. The molecule has 29 heavy (non-hydrogen) atoms. The van der Waals surface area contributed by atoms with Gasteiger partial charge in [0.25, 0.3) is 5.91 Å². The molecule has 4 rings (SSSR count). The number of aromatic nitrogens is 4. The fraction of sp³-hybridized carbons (Fsp3) is 0.174. The van der Waals surface area contributed by atoms with E-state index in [1.54, 1.807) is 24.5 Å². The van der Waals surface area contributed by atoms with Gasteiger partial charge in [-0.3, -0.25) is 14.8 Å². The van der Waals surface area contributed by atoms with Crippen molar-refractivity contribution in [3.05, 3.63) is 72.6 Å². The summed E-state index contributed by atoms with van der Waals surface area (Å²) in [6.07, 6.45) is 3.44. The van der Waals surface area contributed by atoms with Crippen LogP contribution in [0, 0.1) is 0 Å². The molecule has 144 valence electrons. The first-order valence-electron chi connectivity index (χ1n) is 9.38. The Bertz CT molecular complexity index is 1170. The molecule has 1 aromatic carbocycles. The fourth-order valence-corrected chi connectivity index (χ4v) is 2.97. The van der Waals surface area contributed by atoms with Crippen molar-refractivity contribution in [2.45, 2.75) is 26.3 Å². The summed E-state index contributed by atoms with van der Waals surface area (Å²) >= 11 is 0. The van der Waals surface area contributed by atoms with Crippen LogP contribution in [0.3, 0.4) is 0 Å². The number of nitrogens with zero attached hydrogens (tertiary/aromatic N) is 4. The molecule has 3 aromatic heterocycles. The van der Waals surface area contributed by atoms with Crippen LogP contribution < -0.4 is 5.32 Å². The van der Waals surface area contributed by atoms with Crippen molar-refractivity contribution in [1.82, 2.24) is 25.3 Å². The van der Waals surface area contributed by atoms with E-state index in [-0.39, 0.29) is 11.4 Å². The normalized spacial score (nSPS) is 11.4. The van der Waals surface area contributed by atoms with Crippen LogP contribution in [-0.2, 0) is 0 Å². The Hall–Kier alpha value is -3.67. The lowest BCUT2D eigenvalue weighted by Gasteiger charge is -2.20. The minimum atomic E-state index is -0.320. The highest BCUT2D eigenvalue weighted by atomic mass is 16.1. The topological polar surface area (TPSA) is 80.7 Å². The average Bonchev–Trinajstić information content (AvgIpc) is 2.72. The van der Waals surface area contributed by atoms with Gasteiger partial charge in [0.05, 0.1) is 22.4 Å². The van der Waals surface area contributed by atoms with Gasteiger partial charge in [-0.25, -0.2) is 9.97 Å². The second-order valence-electron chi connectivity index (χ2n) is 7.76. The fourth-order valence-electron chi connectivity index (χ4n) is 2.97. The van der Waals surface area contributed by atoms with E-state index in [0.717, 1.165) is 5.69 Å². The monoisotopic (exact) mass is 383 g/mol. The number of pyridine rings is 2. The SMILES string of the molecule is CC(C)(C)NC(=O)c1ccc2nc(-c3ccccn3)c(-c3ccccn3)nc2c1. The summed E-state index contributed by atoms with van der Waals surface area (Å²) in [5.74, 6) is -0.144. The molecule has 0 aliphatic heterocycles.